The van der Waals surface area contributed by atoms with E-state index in [4.69, 9.17) is 0 Å². The van der Waals surface area contributed by atoms with E-state index in [0.29, 0.717) is 18.7 Å². The lowest BCUT2D eigenvalue weighted by atomic mass is 10.0. The van der Waals surface area contributed by atoms with Crippen molar-refractivity contribution in [1.82, 2.24) is 10.2 Å². The lowest BCUT2D eigenvalue weighted by Gasteiger charge is -2.32. The Hall–Kier alpha value is -1.89. The highest BCUT2D eigenvalue weighted by atomic mass is 127. The van der Waals surface area contributed by atoms with E-state index in [0.717, 1.165) is 22.0 Å². The molecule has 2 aromatic carbocycles. The predicted molar refractivity (Wildman–Crippen MR) is 102 cm³/mol. The van der Waals surface area contributed by atoms with Gasteiger partial charge in [-0.25, -0.2) is 0 Å². The highest BCUT2D eigenvalue weighted by Crippen LogP contribution is 2.15. The average molecular weight is 434 g/mol. The molecule has 2 aromatic rings. The van der Waals surface area contributed by atoms with Crippen LogP contribution in [0.5, 0.6) is 0 Å². The number of rotatable bonds is 3. The molecule has 1 aliphatic heterocycles. The van der Waals surface area contributed by atoms with Gasteiger partial charge in [-0.1, -0.05) is 18.2 Å². The van der Waals surface area contributed by atoms with E-state index < -0.39 is 0 Å². The van der Waals surface area contributed by atoms with E-state index in [9.17, 15) is 9.59 Å². The molecule has 0 saturated carbocycles. The number of carbonyl (C=O) groups is 2. The van der Waals surface area contributed by atoms with Gasteiger partial charge in [-0.15, -0.1) is 0 Å². The monoisotopic (exact) mass is 434 g/mol. The molecule has 1 N–H and O–H groups in total. The average Bonchev–Trinajstić information content (AvgIpc) is 2.63. The Labute approximate surface area is 155 Å². The summed E-state index contributed by atoms with van der Waals surface area (Å²) in [6, 6.07) is 17.0. The number of hydrogen-bond acceptors (Lipinski definition) is 2. The summed E-state index contributed by atoms with van der Waals surface area (Å²) in [7, 11) is 0. The van der Waals surface area contributed by atoms with Crippen molar-refractivity contribution in [2.24, 2.45) is 0 Å². The molecule has 0 bridgehead atoms. The van der Waals surface area contributed by atoms with Gasteiger partial charge in [0, 0.05) is 33.8 Å². The van der Waals surface area contributed by atoms with Gasteiger partial charge in [0.25, 0.3) is 11.8 Å². The van der Waals surface area contributed by atoms with E-state index in [-0.39, 0.29) is 17.9 Å². The van der Waals surface area contributed by atoms with Crippen molar-refractivity contribution in [2.75, 3.05) is 13.1 Å². The largest absolute Gasteiger partial charge is 0.349 e. The summed E-state index contributed by atoms with van der Waals surface area (Å²) in [6.07, 6.45) is 1.57. The maximum absolute atomic E-state index is 12.4. The van der Waals surface area contributed by atoms with Crippen molar-refractivity contribution in [3.63, 3.8) is 0 Å². The van der Waals surface area contributed by atoms with Crippen molar-refractivity contribution >= 4 is 34.4 Å². The van der Waals surface area contributed by atoms with Gasteiger partial charge in [0.15, 0.2) is 0 Å². The number of amides is 2. The normalized spacial score (nSPS) is 15.1. The summed E-state index contributed by atoms with van der Waals surface area (Å²) in [6.45, 7) is 1.34. The first-order valence-electron chi connectivity index (χ1n) is 8.04. The van der Waals surface area contributed by atoms with E-state index in [1.807, 2.05) is 59.5 Å². The van der Waals surface area contributed by atoms with Crippen LogP contribution >= 0.6 is 22.6 Å². The molecule has 1 saturated heterocycles. The molecule has 0 unspecified atom stereocenters. The van der Waals surface area contributed by atoms with Gasteiger partial charge < -0.3 is 10.2 Å². The van der Waals surface area contributed by atoms with Crippen LogP contribution in [0.15, 0.2) is 54.6 Å². The number of hydrogen-bond donors (Lipinski definition) is 1. The first-order valence-corrected chi connectivity index (χ1v) is 9.12. The molecule has 2 amide bonds. The van der Waals surface area contributed by atoms with Crippen molar-refractivity contribution in [3.8, 4) is 0 Å². The van der Waals surface area contributed by atoms with Crippen LogP contribution in [0.4, 0.5) is 0 Å². The molecule has 0 radical (unpaired) electrons. The first-order chi connectivity index (χ1) is 11.6. The highest BCUT2D eigenvalue weighted by molar-refractivity contribution is 14.1. The fourth-order valence-electron chi connectivity index (χ4n) is 2.86. The van der Waals surface area contributed by atoms with E-state index >= 15 is 0 Å². The maximum atomic E-state index is 12.4. The molecule has 3 rings (SSSR count). The lowest BCUT2D eigenvalue weighted by molar-refractivity contribution is 0.0698. The van der Waals surface area contributed by atoms with Gasteiger partial charge in [-0.2, -0.15) is 0 Å². The van der Waals surface area contributed by atoms with Crippen LogP contribution in [-0.4, -0.2) is 35.8 Å². The number of likely N-dealkylation sites (tertiary alicyclic amines) is 1. The number of nitrogens with one attached hydrogen (secondary N) is 1. The van der Waals surface area contributed by atoms with Crippen LogP contribution in [0.3, 0.4) is 0 Å². The summed E-state index contributed by atoms with van der Waals surface area (Å²) in [5.41, 5.74) is 1.40. The van der Waals surface area contributed by atoms with Gasteiger partial charge >= 0.3 is 0 Å². The second-order valence-corrected chi connectivity index (χ2v) is 7.16. The summed E-state index contributed by atoms with van der Waals surface area (Å²) in [5.74, 6) is 0.0252. The Balaban J connectivity index is 1.53. The number of nitrogens with zero attached hydrogens (tertiary/aromatic N) is 1. The third-order valence-electron chi connectivity index (χ3n) is 4.24. The Morgan fingerprint density at radius 1 is 0.917 bits per heavy atom. The molecule has 0 aliphatic carbocycles. The smallest absolute Gasteiger partial charge is 0.253 e. The van der Waals surface area contributed by atoms with Gasteiger partial charge in [0.05, 0.1) is 0 Å². The molecule has 0 atom stereocenters. The first kappa shape index (κ1) is 17.0. The zero-order valence-corrected chi connectivity index (χ0v) is 15.4. The molecule has 24 heavy (non-hydrogen) atoms. The summed E-state index contributed by atoms with van der Waals surface area (Å²) >= 11 is 2.22. The Kier molecular flexibility index (Phi) is 5.50. The molecular weight excluding hydrogens is 415 g/mol. The Bertz CT molecular complexity index is 708. The van der Waals surface area contributed by atoms with Gasteiger partial charge in [0.1, 0.15) is 0 Å². The molecule has 0 aromatic heterocycles. The topological polar surface area (TPSA) is 49.4 Å². The SMILES string of the molecule is O=C(NC1CCN(C(=O)c2ccccc2)CC1)c1ccc(I)cc1. The van der Waals surface area contributed by atoms with Gasteiger partial charge in [0.2, 0.25) is 0 Å². The molecule has 0 spiro atoms. The van der Waals surface area contributed by atoms with E-state index in [1.54, 1.807) is 0 Å². The van der Waals surface area contributed by atoms with Crippen LogP contribution in [-0.2, 0) is 0 Å². The summed E-state index contributed by atoms with van der Waals surface area (Å²) in [4.78, 5) is 26.6. The number of carbonyl (C=O) groups excluding carboxylic acids is 2. The highest BCUT2D eigenvalue weighted by Gasteiger charge is 2.24. The minimum absolute atomic E-state index is 0.0424. The molecule has 5 heteroatoms. The van der Waals surface area contributed by atoms with Gasteiger partial charge in [-0.05, 0) is 71.8 Å². The number of piperidine rings is 1. The lowest BCUT2D eigenvalue weighted by Crippen LogP contribution is -2.46. The molecule has 1 aliphatic rings. The number of halogens is 1. The van der Waals surface area contributed by atoms with Crippen LogP contribution in [0.25, 0.3) is 0 Å². The van der Waals surface area contributed by atoms with E-state index in [1.165, 1.54) is 0 Å². The Morgan fingerprint density at radius 3 is 2.17 bits per heavy atom. The third-order valence-corrected chi connectivity index (χ3v) is 4.96. The number of benzene rings is 2. The minimum atomic E-state index is -0.0424. The quantitative estimate of drug-likeness (QED) is 0.754. The molecule has 1 heterocycles. The van der Waals surface area contributed by atoms with Crippen LogP contribution in [0.1, 0.15) is 33.6 Å². The predicted octanol–water partition coefficient (Wildman–Crippen LogP) is 3.33. The fraction of sp³-hybridized carbons (Fsp3) is 0.263. The van der Waals surface area contributed by atoms with Gasteiger partial charge in [-0.3, -0.25) is 9.59 Å². The van der Waals surface area contributed by atoms with Crippen molar-refractivity contribution in [2.45, 2.75) is 18.9 Å². The molecule has 4 nitrogen and oxygen atoms in total. The second-order valence-electron chi connectivity index (χ2n) is 5.91. The van der Waals surface area contributed by atoms with Crippen molar-refractivity contribution < 1.29 is 9.59 Å². The molecule has 124 valence electrons. The minimum Gasteiger partial charge on any atom is -0.349 e. The van der Waals surface area contributed by atoms with Crippen LogP contribution in [0.2, 0.25) is 0 Å². The Morgan fingerprint density at radius 2 is 1.54 bits per heavy atom. The maximum Gasteiger partial charge on any atom is 0.253 e. The zero-order valence-electron chi connectivity index (χ0n) is 13.2. The van der Waals surface area contributed by atoms with Crippen LogP contribution in [0, 0.1) is 3.57 Å². The molecule has 1 fully saturated rings. The third kappa shape index (κ3) is 4.14. The van der Waals surface area contributed by atoms with E-state index in [2.05, 4.69) is 27.9 Å². The summed E-state index contributed by atoms with van der Waals surface area (Å²) < 4.78 is 1.11. The summed E-state index contributed by atoms with van der Waals surface area (Å²) in [5, 5.41) is 3.07. The van der Waals surface area contributed by atoms with Crippen LogP contribution < -0.4 is 5.32 Å². The fourth-order valence-corrected chi connectivity index (χ4v) is 3.22. The van der Waals surface area contributed by atoms with Crippen molar-refractivity contribution in [3.05, 3.63) is 69.3 Å². The van der Waals surface area contributed by atoms with Crippen molar-refractivity contribution in [1.29, 1.82) is 0 Å². The molecular formula is C19H19IN2O2. The zero-order chi connectivity index (χ0) is 16.9. The second kappa shape index (κ2) is 7.79. The standard InChI is InChI=1S/C19H19IN2O2/c20-16-8-6-14(7-9-16)18(23)21-17-10-12-22(13-11-17)19(24)15-4-2-1-3-5-15/h1-9,17H,10-13H2,(H,21,23).